The van der Waals surface area contributed by atoms with E-state index in [1.807, 2.05) is 36.4 Å². The van der Waals surface area contributed by atoms with Crippen molar-refractivity contribution in [1.29, 1.82) is 0 Å². The van der Waals surface area contributed by atoms with Crippen LogP contribution in [0, 0.1) is 5.92 Å². The summed E-state index contributed by atoms with van der Waals surface area (Å²) in [7, 11) is 0. The van der Waals surface area contributed by atoms with Crippen molar-refractivity contribution in [3.8, 4) is 0 Å². The summed E-state index contributed by atoms with van der Waals surface area (Å²) in [6, 6.07) is 11.9. The zero-order chi connectivity index (χ0) is 14.3. The lowest BCUT2D eigenvalue weighted by Gasteiger charge is -2.34. The second-order valence-corrected chi connectivity index (χ2v) is 5.66. The van der Waals surface area contributed by atoms with Crippen LogP contribution in [0.15, 0.2) is 52.1 Å². The fraction of sp³-hybridized carbons (Fsp3) is 0.312. The molecule has 1 atom stereocenters. The van der Waals surface area contributed by atoms with Crippen LogP contribution in [0.3, 0.4) is 0 Å². The molecule has 2 heterocycles. The SMILES string of the molecule is NC1(C2CC2)N=C(NCc2ccco2)c2ccccc2N1. The summed E-state index contributed by atoms with van der Waals surface area (Å²) in [5.74, 6) is 1.42. The van der Waals surface area contributed by atoms with Gasteiger partial charge in [-0.25, -0.2) is 4.99 Å². The van der Waals surface area contributed by atoms with Crippen molar-refractivity contribution in [1.82, 2.24) is 5.32 Å². The predicted molar refractivity (Wildman–Crippen MR) is 81.8 cm³/mol. The first-order chi connectivity index (χ1) is 10.2. The molecule has 5 heteroatoms. The van der Waals surface area contributed by atoms with E-state index in [4.69, 9.17) is 15.1 Å². The van der Waals surface area contributed by atoms with Gasteiger partial charge in [0, 0.05) is 17.2 Å². The van der Waals surface area contributed by atoms with Crippen LogP contribution in [0.25, 0.3) is 0 Å². The molecule has 1 aromatic carbocycles. The molecule has 0 spiro atoms. The van der Waals surface area contributed by atoms with Crippen molar-refractivity contribution in [3.63, 3.8) is 0 Å². The first-order valence-corrected chi connectivity index (χ1v) is 7.27. The maximum Gasteiger partial charge on any atom is 0.187 e. The van der Waals surface area contributed by atoms with Gasteiger partial charge in [-0.3, -0.25) is 5.73 Å². The largest absolute Gasteiger partial charge is 0.467 e. The Kier molecular flexibility index (Phi) is 2.75. The summed E-state index contributed by atoms with van der Waals surface area (Å²) >= 11 is 0. The van der Waals surface area contributed by atoms with E-state index in [9.17, 15) is 0 Å². The molecule has 0 saturated heterocycles. The lowest BCUT2D eigenvalue weighted by atomic mass is 10.1. The van der Waals surface area contributed by atoms with Gasteiger partial charge in [0.1, 0.15) is 11.6 Å². The molecule has 4 rings (SSSR count). The van der Waals surface area contributed by atoms with E-state index in [0.717, 1.165) is 35.7 Å². The Morgan fingerprint density at radius 1 is 1.29 bits per heavy atom. The van der Waals surface area contributed by atoms with Gasteiger partial charge in [0.05, 0.1) is 12.8 Å². The van der Waals surface area contributed by atoms with Crippen LogP contribution in [-0.4, -0.2) is 11.6 Å². The number of nitrogens with zero attached hydrogens (tertiary/aromatic N) is 1. The predicted octanol–water partition coefficient (Wildman–Crippen LogP) is 2.26. The first-order valence-electron chi connectivity index (χ1n) is 7.27. The quantitative estimate of drug-likeness (QED) is 0.807. The first kappa shape index (κ1) is 12.5. The van der Waals surface area contributed by atoms with Crippen LogP contribution in [0.5, 0.6) is 0 Å². The zero-order valence-corrected chi connectivity index (χ0v) is 11.7. The van der Waals surface area contributed by atoms with Crippen LogP contribution >= 0.6 is 0 Å². The van der Waals surface area contributed by atoms with Crippen LogP contribution in [0.2, 0.25) is 0 Å². The number of anilines is 1. The molecule has 1 fully saturated rings. The van der Waals surface area contributed by atoms with E-state index in [2.05, 4.69) is 10.6 Å². The number of amidine groups is 1. The monoisotopic (exact) mass is 282 g/mol. The number of fused-ring (bicyclic) bond motifs is 1. The van der Waals surface area contributed by atoms with Gasteiger partial charge in [0.25, 0.3) is 0 Å². The molecule has 5 nitrogen and oxygen atoms in total. The van der Waals surface area contributed by atoms with Crippen LogP contribution < -0.4 is 16.4 Å². The van der Waals surface area contributed by atoms with Crippen LogP contribution in [-0.2, 0) is 6.54 Å². The van der Waals surface area contributed by atoms with Crippen molar-refractivity contribution in [3.05, 3.63) is 54.0 Å². The lowest BCUT2D eigenvalue weighted by Crippen LogP contribution is -2.52. The summed E-state index contributed by atoms with van der Waals surface area (Å²) < 4.78 is 5.36. The van der Waals surface area contributed by atoms with E-state index in [1.54, 1.807) is 6.26 Å². The molecule has 108 valence electrons. The molecular weight excluding hydrogens is 264 g/mol. The number of hydrogen-bond donors (Lipinski definition) is 3. The maximum atomic E-state index is 6.46. The Morgan fingerprint density at radius 2 is 2.14 bits per heavy atom. The second-order valence-electron chi connectivity index (χ2n) is 5.66. The number of furan rings is 1. The number of aliphatic imine (C=N–C) groups is 1. The molecule has 21 heavy (non-hydrogen) atoms. The van der Waals surface area contributed by atoms with Crippen LogP contribution in [0.4, 0.5) is 5.69 Å². The Bertz CT molecular complexity index is 675. The molecule has 0 radical (unpaired) electrons. The molecule has 2 aliphatic rings. The van der Waals surface area contributed by atoms with Gasteiger partial charge in [0.15, 0.2) is 5.79 Å². The molecule has 4 N–H and O–H groups in total. The molecule has 1 aliphatic carbocycles. The number of rotatable bonds is 3. The highest BCUT2D eigenvalue weighted by Gasteiger charge is 2.45. The summed E-state index contributed by atoms with van der Waals surface area (Å²) in [6.07, 6.45) is 3.92. The number of nitrogens with two attached hydrogens (primary N) is 1. The molecule has 2 aromatic rings. The van der Waals surface area contributed by atoms with Gasteiger partial charge < -0.3 is 15.1 Å². The molecule has 1 aromatic heterocycles. The van der Waals surface area contributed by atoms with E-state index in [-0.39, 0.29) is 0 Å². The second kappa shape index (κ2) is 4.63. The highest BCUT2D eigenvalue weighted by atomic mass is 16.3. The number of hydrogen-bond acceptors (Lipinski definition) is 5. The van der Waals surface area contributed by atoms with Crippen molar-refractivity contribution in [2.75, 3.05) is 5.32 Å². The van der Waals surface area contributed by atoms with Crippen molar-refractivity contribution in [2.45, 2.75) is 25.2 Å². The highest BCUT2D eigenvalue weighted by Crippen LogP contribution is 2.41. The molecule has 1 aliphatic heterocycles. The molecule has 1 saturated carbocycles. The Labute approximate surface area is 123 Å². The van der Waals surface area contributed by atoms with Crippen molar-refractivity contribution >= 4 is 11.5 Å². The van der Waals surface area contributed by atoms with Crippen molar-refractivity contribution < 1.29 is 4.42 Å². The Balaban J connectivity index is 1.65. The van der Waals surface area contributed by atoms with Gasteiger partial charge in [-0.2, -0.15) is 0 Å². The lowest BCUT2D eigenvalue weighted by molar-refractivity contribution is 0.438. The summed E-state index contributed by atoms with van der Waals surface area (Å²) in [5.41, 5.74) is 8.53. The average Bonchev–Trinajstić information content (AvgIpc) is 3.23. The molecular formula is C16H18N4O. The molecule has 1 unspecified atom stereocenters. The average molecular weight is 282 g/mol. The van der Waals surface area contributed by atoms with Gasteiger partial charge in [-0.1, -0.05) is 12.1 Å². The zero-order valence-electron chi connectivity index (χ0n) is 11.7. The maximum absolute atomic E-state index is 6.46. The Hall–Kier alpha value is -2.27. The van der Waals surface area contributed by atoms with E-state index < -0.39 is 5.79 Å². The van der Waals surface area contributed by atoms with Gasteiger partial charge in [-0.15, -0.1) is 0 Å². The Morgan fingerprint density at radius 3 is 2.90 bits per heavy atom. The highest BCUT2D eigenvalue weighted by molar-refractivity contribution is 6.05. The standard InChI is InChI=1S/C16H18N4O/c17-16(11-7-8-11)19-14-6-2-1-5-13(14)15(20-16)18-10-12-4-3-9-21-12/h1-6,9,11,19H,7-8,10,17H2,(H,18,20). The van der Waals surface area contributed by atoms with Gasteiger partial charge in [-0.05, 0) is 37.1 Å². The smallest absolute Gasteiger partial charge is 0.187 e. The molecule has 0 amide bonds. The third-order valence-electron chi connectivity index (χ3n) is 4.02. The third-order valence-corrected chi connectivity index (χ3v) is 4.02. The fourth-order valence-corrected chi connectivity index (χ4v) is 2.72. The summed E-state index contributed by atoms with van der Waals surface area (Å²) in [5, 5.41) is 6.74. The third kappa shape index (κ3) is 2.29. The number of para-hydroxylation sites is 1. The van der Waals surface area contributed by atoms with E-state index in [0.29, 0.717) is 12.5 Å². The van der Waals surface area contributed by atoms with Gasteiger partial charge in [0.2, 0.25) is 0 Å². The minimum absolute atomic E-state index is 0.409. The van der Waals surface area contributed by atoms with Crippen molar-refractivity contribution in [2.24, 2.45) is 16.6 Å². The minimum atomic E-state index is -0.695. The minimum Gasteiger partial charge on any atom is -0.467 e. The molecule has 0 bridgehead atoms. The van der Waals surface area contributed by atoms with E-state index in [1.165, 1.54) is 0 Å². The van der Waals surface area contributed by atoms with Gasteiger partial charge >= 0.3 is 0 Å². The van der Waals surface area contributed by atoms with Crippen LogP contribution in [0.1, 0.15) is 24.2 Å². The normalized spacial score (nSPS) is 24.0. The number of benzene rings is 1. The van der Waals surface area contributed by atoms with E-state index >= 15 is 0 Å². The summed E-state index contributed by atoms with van der Waals surface area (Å²) in [6.45, 7) is 0.598. The summed E-state index contributed by atoms with van der Waals surface area (Å²) in [4.78, 5) is 4.75. The topological polar surface area (TPSA) is 75.6 Å². The fourth-order valence-electron chi connectivity index (χ4n) is 2.72. The number of nitrogens with one attached hydrogen (secondary N) is 2.